The number of benzene rings is 1. The Bertz CT molecular complexity index is 754. The highest BCUT2D eigenvalue weighted by atomic mass is 35.5. The number of sulfone groups is 1. The lowest BCUT2D eigenvalue weighted by atomic mass is 10.0. The summed E-state index contributed by atoms with van der Waals surface area (Å²) in [6, 6.07) is 6.70. The van der Waals surface area contributed by atoms with Gasteiger partial charge in [0, 0.05) is 16.0 Å². The molecular formula is C13H16ClNO4S2. The molecule has 1 N–H and O–H groups in total. The van der Waals surface area contributed by atoms with E-state index in [1.54, 1.807) is 31.2 Å². The Hall–Kier alpha value is -0.890. The Balaban J connectivity index is 2.11. The Kier molecular flexibility index (Phi) is 4.49. The van der Waals surface area contributed by atoms with Gasteiger partial charge in [-0.1, -0.05) is 23.7 Å². The van der Waals surface area contributed by atoms with Crippen molar-refractivity contribution in [2.24, 2.45) is 0 Å². The van der Waals surface area contributed by atoms with E-state index in [-0.39, 0.29) is 17.9 Å². The highest BCUT2D eigenvalue weighted by Crippen LogP contribution is 2.24. The van der Waals surface area contributed by atoms with Gasteiger partial charge in [0.2, 0.25) is 10.0 Å². The molecule has 8 heteroatoms. The second kappa shape index (κ2) is 5.72. The molecule has 1 aromatic rings. The molecule has 0 radical (unpaired) electrons. The van der Waals surface area contributed by atoms with Crippen LogP contribution in [0.5, 0.6) is 0 Å². The number of nitrogens with one attached hydrogen (secondary N) is 1. The number of hydrogen-bond acceptors (Lipinski definition) is 4. The average Bonchev–Trinajstić information content (AvgIpc) is 2.61. The van der Waals surface area contributed by atoms with Crippen LogP contribution >= 0.6 is 11.6 Å². The van der Waals surface area contributed by atoms with Gasteiger partial charge in [-0.15, -0.1) is 0 Å². The van der Waals surface area contributed by atoms with E-state index in [1.807, 2.05) is 0 Å². The lowest BCUT2D eigenvalue weighted by Gasteiger charge is -2.22. The Labute approximate surface area is 130 Å². The van der Waals surface area contributed by atoms with Gasteiger partial charge < -0.3 is 0 Å². The first kappa shape index (κ1) is 16.5. The first-order valence-corrected chi connectivity index (χ1v) is 10.0. The highest BCUT2D eigenvalue weighted by molar-refractivity contribution is 7.93. The maximum Gasteiger partial charge on any atom is 0.234 e. The van der Waals surface area contributed by atoms with Gasteiger partial charge in [0.1, 0.15) is 0 Å². The molecule has 116 valence electrons. The van der Waals surface area contributed by atoms with Crippen molar-refractivity contribution in [1.29, 1.82) is 0 Å². The third-order valence-electron chi connectivity index (χ3n) is 3.20. The number of rotatable bonds is 4. The van der Waals surface area contributed by atoms with Crippen molar-refractivity contribution in [3.05, 3.63) is 40.3 Å². The largest absolute Gasteiger partial charge is 0.234 e. The molecule has 5 nitrogen and oxygen atoms in total. The van der Waals surface area contributed by atoms with Crippen LogP contribution in [0.2, 0.25) is 5.02 Å². The van der Waals surface area contributed by atoms with Crippen LogP contribution in [-0.2, 0) is 19.9 Å². The van der Waals surface area contributed by atoms with Crippen LogP contribution in [-0.4, -0.2) is 33.9 Å². The van der Waals surface area contributed by atoms with Crippen LogP contribution < -0.4 is 4.72 Å². The van der Waals surface area contributed by atoms with Crippen molar-refractivity contribution in [2.75, 3.05) is 11.5 Å². The van der Waals surface area contributed by atoms with E-state index in [4.69, 9.17) is 11.6 Å². The van der Waals surface area contributed by atoms with E-state index in [0.29, 0.717) is 10.6 Å². The molecule has 0 aromatic heterocycles. The Morgan fingerprint density at radius 2 is 1.90 bits per heavy atom. The van der Waals surface area contributed by atoms with E-state index in [0.717, 1.165) is 5.41 Å². The van der Waals surface area contributed by atoms with E-state index < -0.39 is 25.4 Å². The minimum Gasteiger partial charge on any atom is -0.229 e. The van der Waals surface area contributed by atoms with Gasteiger partial charge in [-0.25, -0.2) is 21.6 Å². The standard InChI is InChI=1S/C13H16ClNO4S2/c1-13(7-9-20(16,17)10-13)15-21(18,19)8-6-11-2-4-12(14)5-3-11/h2-6,8,15H,7,9-10H2,1H3/b8-6+. The van der Waals surface area contributed by atoms with Crippen LogP contribution in [0.25, 0.3) is 6.08 Å². The molecule has 1 fully saturated rings. The molecule has 0 bridgehead atoms. The van der Waals surface area contributed by atoms with E-state index in [2.05, 4.69) is 4.72 Å². The molecule has 2 rings (SSSR count). The minimum atomic E-state index is -3.71. The number of sulfonamides is 1. The van der Waals surface area contributed by atoms with Gasteiger partial charge in [0.25, 0.3) is 0 Å². The van der Waals surface area contributed by atoms with Crippen LogP contribution in [0.4, 0.5) is 0 Å². The predicted molar refractivity (Wildman–Crippen MR) is 84.2 cm³/mol. The molecule has 1 aliphatic heterocycles. The van der Waals surface area contributed by atoms with Crippen LogP contribution in [0.3, 0.4) is 0 Å². The lowest BCUT2D eigenvalue weighted by Crippen LogP contribution is -2.45. The minimum absolute atomic E-state index is 0.00686. The maximum absolute atomic E-state index is 12.0. The van der Waals surface area contributed by atoms with Crippen molar-refractivity contribution in [1.82, 2.24) is 4.72 Å². The highest BCUT2D eigenvalue weighted by Gasteiger charge is 2.40. The van der Waals surface area contributed by atoms with Gasteiger partial charge in [-0.2, -0.15) is 0 Å². The summed E-state index contributed by atoms with van der Waals surface area (Å²) in [7, 11) is -6.87. The topological polar surface area (TPSA) is 80.3 Å². The molecule has 1 unspecified atom stereocenters. The summed E-state index contributed by atoms with van der Waals surface area (Å²) >= 11 is 5.75. The summed E-state index contributed by atoms with van der Waals surface area (Å²) < 4.78 is 49.5. The van der Waals surface area contributed by atoms with Crippen molar-refractivity contribution >= 4 is 37.5 Å². The quantitative estimate of drug-likeness (QED) is 0.898. The van der Waals surface area contributed by atoms with E-state index in [9.17, 15) is 16.8 Å². The first-order chi connectivity index (χ1) is 9.59. The van der Waals surface area contributed by atoms with Gasteiger partial charge in [0.15, 0.2) is 9.84 Å². The summed E-state index contributed by atoms with van der Waals surface area (Å²) in [5.41, 5.74) is -0.254. The van der Waals surface area contributed by atoms with Crippen LogP contribution in [0.1, 0.15) is 18.9 Å². The third-order valence-corrected chi connectivity index (χ3v) is 6.63. The molecule has 21 heavy (non-hydrogen) atoms. The van der Waals surface area contributed by atoms with Gasteiger partial charge >= 0.3 is 0 Å². The fraction of sp³-hybridized carbons (Fsp3) is 0.385. The molecular weight excluding hydrogens is 334 g/mol. The van der Waals surface area contributed by atoms with Gasteiger partial charge in [-0.3, -0.25) is 0 Å². The second-order valence-electron chi connectivity index (χ2n) is 5.40. The molecule has 0 aliphatic carbocycles. The third kappa shape index (κ3) is 4.81. The van der Waals surface area contributed by atoms with Crippen molar-refractivity contribution in [3.8, 4) is 0 Å². The molecule has 0 amide bonds. The fourth-order valence-corrected chi connectivity index (χ4v) is 5.79. The summed E-state index contributed by atoms with van der Waals surface area (Å²) in [5, 5.41) is 1.60. The summed E-state index contributed by atoms with van der Waals surface area (Å²) in [4.78, 5) is 0. The molecule has 1 heterocycles. The fourth-order valence-electron chi connectivity index (χ4n) is 2.21. The first-order valence-electron chi connectivity index (χ1n) is 6.27. The SMILES string of the molecule is CC1(NS(=O)(=O)/C=C/c2ccc(Cl)cc2)CCS(=O)(=O)C1. The monoisotopic (exact) mass is 349 g/mol. The molecule has 0 spiro atoms. The normalized spacial score (nSPS) is 25.4. The zero-order chi connectivity index (χ0) is 15.7. The summed E-state index contributed by atoms with van der Waals surface area (Å²) in [5.74, 6) is -0.166. The van der Waals surface area contributed by atoms with Crippen LogP contribution in [0.15, 0.2) is 29.7 Å². The lowest BCUT2D eigenvalue weighted by molar-refractivity contribution is 0.465. The number of hydrogen-bond donors (Lipinski definition) is 1. The summed E-state index contributed by atoms with van der Waals surface area (Å²) in [6.07, 6.45) is 1.72. The zero-order valence-electron chi connectivity index (χ0n) is 11.4. The van der Waals surface area contributed by atoms with E-state index in [1.165, 1.54) is 6.08 Å². The van der Waals surface area contributed by atoms with Crippen molar-refractivity contribution in [3.63, 3.8) is 0 Å². The summed E-state index contributed by atoms with van der Waals surface area (Å²) in [6.45, 7) is 1.60. The van der Waals surface area contributed by atoms with Gasteiger partial charge in [0.05, 0.1) is 11.5 Å². The molecule has 0 saturated carbocycles. The Morgan fingerprint density at radius 3 is 2.43 bits per heavy atom. The molecule has 1 atom stereocenters. The number of halogens is 1. The molecule has 1 aliphatic rings. The smallest absolute Gasteiger partial charge is 0.229 e. The van der Waals surface area contributed by atoms with Gasteiger partial charge in [-0.05, 0) is 37.1 Å². The second-order valence-corrected chi connectivity index (χ2v) is 9.59. The molecule has 1 saturated heterocycles. The van der Waals surface area contributed by atoms with E-state index >= 15 is 0 Å². The van der Waals surface area contributed by atoms with Crippen LogP contribution in [0, 0.1) is 0 Å². The predicted octanol–water partition coefficient (Wildman–Crippen LogP) is 1.81. The zero-order valence-corrected chi connectivity index (χ0v) is 13.8. The van der Waals surface area contributed by atoms with Crippen molar-refractivity contribution < 1.29 is 16.8 Å². The Morgan fingerprint density at radius 1 is 1.29 bits per heavy atom. The maximum atomic E-state index is 12.0. The molecule has 1 aromatic carbocycles. The van der Waals surface area contributed by atoms with Crippen molar-refractivity contribution in [2.45, 2.75) is 18.9 Å². The average molecular weight is 350 g/mol.